The summed E-state index contributed by atoms with van der Waals surface area (Å²) in [7, 11) is 0. The predicted molar refractivity (Wildman–Crippen MR) is 58.9 cm³/mol. The van der Waals surface area contributed by atoms with Crippen molar-refractivity contribution < 1.29 is 9.90 Å². The molecule has 0 aromatic heterocycles. The van der Waals surface area contributed by atoms with Gasteiger partial charge in [0.05, 0.1) is 0 Å². The molecule has 0 aliphatic carbocycles. The van der Waals surface area contributed by atoms with Crippen LogP contribution in [0.3, 0.4) is 0 Å². The Morgan fingerprint density at radius 3 is 2.36 bits per heavy atom. The molecule has 0 amide bonds. The first-order valence-corrected chi connectivity index (χ1v) is 5.39. The van der Waals surface area contributed by atoms with E-state index >= 15 is 0 Å². The van der Waals surface area contributed by atoms with Crippen molar-refractivity contribution >= 4 is 17.1 Å². The first kappa shape index (κ1) is 11.1. The average Bonchev–Trinajstić information content (AvgIpc) is 2.06. The molecule has 14 heavy (non-hydrogen) atoms. The Kier molecular flexibility index (Phi) is 4.01. The molecule has 0 saturated carbocycles. The zero-order valence-corrected chi connectivity index (χ0v) is 9.17. The third kappa shape index (κ3) is 3.83. The van der Waals surface area contributed by atoms with Crippen LogP contribution >= 0.6 is 11.8 Å². The average molecular weight is 210 g/mol. The Labute approximate surface area is 88.3 Å². The fourth-order valence-corrected chi connectivity index (χ4v) is 1.74. The maximum absolute atomic E-state index is 10.4. The van der Waals surface area contributed by atoms with Crippen molar-refractivity contribution in [2.75, 3.05) is 0 Å². The fraction of sp³-hybridized carbons (Fsp3) is 0.364. The highest BCUT2D eigenvalue weighted by Gasteiger charge is 2.02. The molecule has 0 bridgehead atoms. The number of benzene rings is 1. The van der Waals surface area contributed by atoms with Crippen molar-refractivity contribution in [3.05, 3.63) is 29.8 Å². The minimum atomic E-state index is -0.860. The van der Waals surface area contributed by atoms with E-state index in [1.807, 2.05) is 24.3 Å². The molecule has 0 radical (unpaired) electrons. The second-order valence-electron chi connectivity index (χ2n) is 3.61. The lowest BCUT2D eigenvalue weighted by Crippen LogP contribution is -1.93. The van der Waals surface area contributed by atoms with Gasteiger partial charge in [-0.25, -0.2) is 4.79 Å². The second-order valence-corrected chi connectivity index (χ2v) is 4.63. The minimum Gasteiger partial charge on any atom is -0.473 e. The van der Waals surface area contributed by atoms with Gasteiger partial charge in [0.25, 0.3) is 0 Å². The summed E-state index contributed by atoms with van der Waals surface area (Å²) in [6, 6.07) is 7.70. The molecule has 76 valence electrons. The van der Waals surface area contributed by atoms with Crippen LogP contribution in [0.1, 0.15) is 19.4 Å². The van der Waals surface area contributed by atoms with Crippen LogP contribution in [0.25, 0.3) is 0 Å². The van der Waals surface area contributed by atoms with Crippen molar-refractivity contribution in [3.8, 4) is 0 Å². The number of hydrogen-bond acceptors (Lipinski definition) is 2. The number of hydrogen-bond donors (Lipinski definition) is 1. The van der Waals surface area contributed by atoms with Crippen LogP contribution in [-0.2, 0) is 6.42 Å². The normalized spacial score (nSPS) is 10.5. The van der Waals surface area contributed by atoms with Gasteiger partial charge in [-0.1, -0.05) is 26.0 Å². The highest BCUT2D eigenvalue weighted by molar-refractivity contribution is 8.13. The third-order valence-corrected chi connectivity index (χ3v) is 2.45. The SMILES string of the molecule is CC(C)Cc1ccc(SC(=O)O)cc1. The molecular formula is C11H14O2S. The molecule has 1 aromatic rings. The Morgan fingerprint density at radius 1 is 1.36 bits per heavy atom. The van der Waals surface area contributed by atoms with Crippen molar-refractivity contribution in [1.29, 1.82) is 0 Å². The number of carbonyl (C=O) groups is 1. The minimum absolute atomic E-state index is 0.632. The van der Waals surface area contributed by atoms with E-state index in [1.165, 1.54) is 5.56 Å². The van der Waals surface area contributed by atoms with Crippen LogP contribution in [0, 0.1) is 5.92 Å². The molecule has 1 aromatic carbocycles. The molecule has 2 nitrogen and oxygen atoms in total. The molecule has 0 aliphatic rings. The lowest BCUT2D eigenvalue weighted by molar-refractivity contribution is 0.222. The Bertz CT molecular complexity index is 304. The van der Waals surface area contributed by atoms with Crippen LogP contribution in [0.15, 0.2) is 29.2 Å². The van der Waals surface area contributed by atoms with E-state index < -0.39 is 5.30 Å². The van der Waals surface area contributed by atoms with E-state index in [4.69, 9.17) is 5.11 Å². The van der Waals surface area contributed by atoms with Crippen LogP contribution in [0.2, 0.25) is 0 Å². The molecule has 0 spiro atoms. The first-order valence-electron chi connectivity index (χ1n) is 4.57. The van der Waals surface area contributed by atoms with E-state index in [0.717, 1.165) is 23.1 Å². The summed E-state index contributed by atoms with van der Waals surface area (Å²) in [5.74, 6) is 0.632. The standard InChI is InChI=1S/C11H14O2S/c1-8(2)7-9-3-5-10(6-4-9)14-11(12)13/h3-6,8H,7H2,1-2H3,(H,12,13). The van der Waals surface area contributed by atoms with E-state index in [1.54, 1.807) is 0 Å². The molecule has 0 fully saturated rings. The van der Waals surface area contributed by atoms with Crippen LogP contribution in [0.5, 0.6) is 0 Å². The fourth-order valence-electron chi connectivity index (χ4n) is 1.27. The van der Waals surface area contributed by atoms with Gasteiger partial charge in [-0.05, 0) is 41.8 Å². The Hall–Kier alpha value is -0.960. The highest BCUT2D eigenvalue weighted by Crippen LogP contribution is 2.19. The van der Waals surface area contributed by atoms with E-state index in [0.29, 0.717) is 5.92 Å². The molecule has 1 rings (SSSR count). The predicted octanol–water partition coefficient (Wildman–Crippen LogP) is 3.66. The van der Waals surface area contributed by atoms with Crippen LogP contribution in [-0.4, -0.2) is 10.4 Å². The maximum Gasteiger partial charge on any atom is 0.369 e. The summed E-state index contributed by atoms with van der Waals surface area (Å²) in [6.07, 6.45) is 1.04. The number of carboxylic acid groups (broad SMARTS) is 1. The summed E-state index contributed by atoms with van der Waals surface area (Å²) in [5, 5.41) is 7.68. The summed E-state index contributed by atoms with van der Waals surface area (Å²) in [4.78, 5) is 11.2. The largest absolute Gasteiger partial charge is 0.473 e. The summed E-state index contributed by atoms with van der Waals surface area (Å²) in [5.41, 5.74) is 1.26. The lowest BCUT2D eigenvalue weighted by Gasteiger charge is -2.04. The number of thioether (sulfide) groups is 1. The van der Waals surface area contributed by atoms with Crippen molar-refractivity contribution in [2.45, 2.75) is 25.2 Å². The summed E-state index contributed by atoms with van der Waals surface area (Å²) in [6.45, 7) is 4.33. The zero-order chi connectivity index (χ0) is 10.6. The van der Waals surface area contributed by atoms with Crippen molar-refractivity contribution in [3.63, 3.8) is 0 Å². The van der Waals surface area contributed by atoms with Gasteiger partial charge in [0.2, 0.25) is 0 Å². The van der Waals surface area contributed by atoms with E-state index in [2.05, 4.69) is 13.8 Å². The second kappa shape index (κ2) is 5.05. The van der Waals surface area contributed by atoms with Gasteiger partial charge in [0.15, 0.2) is 0 Å². The van der Waals surface area contributed by atoms with Gasteiger partial charge >= 0.3 is 5.30 Å². The van der Waals surface area contributed by atoms with Gasteiger partial charge in [0.1, 0.15) is 0 Å². The van der Waals surface area contributed by atoms with Gasteiger partial charge < -0.3 is 5.11 Å². The Morgan fingerprint density at radius 2 is 1.93 bits per heavy atom. The molecule has 0 heterocycles. The van der Waals surface area contributed by atoms with Crippen LogP contribution < -0.4 is 0 Å². The maximum atomic E-state index is 10.4. The quantitative estimate of drug-likeness (QED) is 0.774. The summed E-state index contributed by atoms with van der Waals surface area (Å²) >= 11 is 0.843. The Balaban J connectivity index is 2.63. The zero-order valence-electron chi connectivity index (χ0n) is 8.36. The van der Waals surface area contributed by atoms with Gasteiger partial charge in [0, 0.05) is 4.90 Å². The monoisotopic (exact) mass is 210 g/mol. The van der Waals surface area contributed by atoms with E-state index in [9.17, 15) is 4.79 Å². The molecule has 3 heteroatoms. The molecule has 0 saturated heterocycles. The topological polar surface area (TPSA) is 37.3 Å². The lowest BCUT2D eigenvalue weighted by atomic mass is 10.0. The highest BCUT2D eigenvalue weighted by atomic mass is 32.2. The van der Waals surface area contributed by atoms with Crippen molar-refractivity contribution in [2.24, 2.45) is 5.92 Å². The first-order chi connectivity index (χ1) is 6.58. The van der Waals surface area contributed by atoms with Gasteiger partial charge in [-0.2, -0.15) is 0 Å². The van der Waals surface area contributed by atoms with Crippen LogP contribution in [0.4, 0.5) is 4.79 Å². The van der Waals surface area contributed by atoms with Crippen molar-refractivity contribution in [1.82, 2.24) is 0 Å². The molecular weight excluding hydrogens is 196 g/mol. The molecule has 1 N–H and O–H groups in total. The van der Waals surface area contributed by atoms with Gasteiger partial charge in [-0.3, -0.25) is 0 Å². The third-order valence-electron chi connectivity index (χ3n) is 1.77. The summed E-state index contributed by atoms with van der Waals surface area (Å²) < 4.78 is 0. The van der Waals surface area contributed by atoms with E-state index in [-0.39, 0.29) is 0 Å². The molecule has 0 aliphatic heterocycles. The smallest absolute Gasteiger partial charge is 0.369 e. The van der Waals surface area contributed by atoms with Gasteiger partial charge in [-0.15, -0.1) is 0 Å². The molecule has 0 unspecified atom stereocenters. The number of rotatable bonds is 3. The molecule has 0 atom stereocenters.